The minimum atomic E-state index is -0.970. The maximum atomic E-state index is 12.6. The predicted molar refractivity (Wildman–Crippen MR) is 102 cm³/mol. The lowest BCUT2D eigenvalue weighted by atomic mass is 10.1. The van der Waals surface area contributed by atoms with Crippen LogP contribution in [-0.4, -0.2) is 34.8 Å². The zero-order valence-corrected chi connectivity index (χ0v) is 15.9. The highest BCUT2D eigenvalue weighted by Gasteiger charge is 2.40. The van der Waals surface area contributed by atoms with E-state index in [1.807, 2.05) is 13.8 Å². The molecule has 1 N–H and O–H groups in total. The van der Waals surface area contributed by atoms with E-state index in [0.29, 0.717) is 27.6 Å². The predicted octanol–water partition coefficient (Wildman–Crippen LogP) is 3.75. The van der Waals surface area contributed by atoms with Gasteiger partial charge in [-0.05, 0) is 51.1 Å². The molecule has 1 unspecified atom stereocenters. The van der Waals surface area contributed by atoms with Crippen LogP contribution in [0.15, 0.2) is 42.5 Å². The van der Waals surface area contributed by atoms with E-state index in [9.17, 15) is 14.4 Å². The highest BCUT2D eigenvalue weighted by Crippen LogP contribution is 2.29. The van der Waals surface area contributed by atoms with E-state index in [1.165, 1.54) is 6.92 Å². The monoisotopic (exact) mass is 386 g/mol. The lowest BCUT2D eigenvalue weighted by Gasteiger charge is -2.22. The number of carbonyl (C=O) groups excluding carboxylic acids is 3. The van der Waals surface area contributed by atoms with E-state index in [4.69, 9.17) is 16.3 Å². The van der Waals surface area contributed by atoms with Gasteiger partial charge in [-0.2, -0.15) is 0 Å². The third kappa shape index (κ3) is 3.66. The van der Waals surface area contributed by atoms with Gasteiger partial charge in [-0.15, -0.1) is 0 Å². The second kappa shape index (κ2) is 7.40. The molecule has 0 saturated carbocycles. The molecule has 1 aliphatic rings. The number of nitrogens with zero attached hydrogens (tertiary/aromatic N) is 1. The van der Waals surface area contributed by atoms with E-state index < -0.39 is 23.8 Å². The Morgan fingerprint density at radius 3 is 2.15 bits per heavy atom. The number of nitrogens with one attached hydrogen (secondary N) is 1. The van der Waals surface area contributed by atoms with Crippen LogP contribution >= 0.6 is 11.6 Å². The molecule has 140 valence electrons. The number of carbonyl (C=O) groups is 3. The maximum absolute atomic E-state index is 12.6. The number of imide groups is 1. The molecule has 0 aromatic heterocycles. The Hall–Kier alpha value is -2.86. The van der Waals surface area contributed by atoms with Gasteiger partial charge in [-0.3, -0.25) is 19.3 Å². The van der Waals surface area contributed by atoms with E-state index in [0.717, 1.165) is 4.90 Å². The van der Waals surface area contributed by atoms with Gasteiger partial charge in [0.2, 0.25) is 5.91 Å². The van der Waals surface area contributed by atoms with Crippen molar-refractivity contribution in [2.45, 2.75) is 32.9 Å². The lowest BCUT2D eigenvalue weighted by Crippen LogP contribution is -2.45. The Bertz CT molecular complexity index is 891. The molecule has 0 saturated heterocycles. The fourth-order valence-corrected chi connectivity index (χ4v) is 3.08. The normalized spacial score (nSPS) is 14.3. The van der Waals surface area contributed by atoms with E-state index in [1.54, 1.807) is 42.5 Å². The number of hydrogen-bond acceptors (Lipinski definition) is 4. The van der Waals surface area contributed by atoms with Gasteiger partial charge in [0.1, 0.15) is 11.8 Å². The average Bonchev–Trinajstić information content (AvgIpc) is 2.88. The molecule has 0 aliphatic carbocycles. The average molecular weight is 387 g/mol. The summed E-state index contributed by atoms with van der Waals surface area (Å²) in [5.74, 6) is -0.926. The molecule has 3 rings (SSSR count). The van der Waals surface area contributed by atoms with Gasteiger partial charge in [0, 0.05) is 5.69 Å². The van der Waals surface area contributed by atoms with Crippen molar-refractivity contribution >= 4 is 35.0 Å². The molecule has 7 heteroatoms. The Morgan fingerprint density at radius 2 is 1.63 bits per heavy atom. The molecule has 0 spiro atoms. The van der Waals surface area contributed by atoms with Gasteiger partial charge < -0.3 is 10.1 Å². The second-order valence-electron chi connectivity index (χ2n) is 6.50. The summed E-state index contributed by atoms with van der Waals surface area (Å²) in [4.78, 5) is 38.5. The molecule has 2 aromatic rings. The molecule has 1 atom stereocenters. The number of rotatable bonds is 5. The van der Waals surface area contributed by atoms with Crippen LogP contribution in [0.4, 0.5) is 5.69 Å². The summed E-state index contributed by atoms with van der Waals surface area (Å²) in [6.45, 7) is 5.28. The fourth-order valence-electron chi connectivity index (χ4n) is 2.85. The van der Waals surface area contributed by atoms with Crippen molar-refractivity contribution in [3.05, 3.63) is 58.6 Å². The van der Waals surface area contributed by atoms with Crippen molar-refractivity contribution in [3.63, 3.8) is 0 Å². The molecule has 1 heterocycles. The first kappa shape index (κ1) is 18.9. The van der Waals surface area contributed by atoms with Crippen molar-refractivity contribution in [3.8, 4) is 5.75 Å². The molecule has 6 nitrogen and oxygen atoms in total. The summed E-state index contributed by atoms with van der Waals surface area (Å²) in [5.41, 5.74) is 1.06. The van der Waals surface area contributed by atoms with E-state index in [-0.39, 0.29) is 6.10 Å². The van der Waals surface area contributed by atoms with Crippen molar-refractivity contribution < 1.29 is 19.1 Å². The first-order valence-electron chi connectivity index (χ1n) is 8.53. The van der Waals surface area contributed by atoms with Gasteiger partial charge in [0.15, 0.2) is 0 Å². The number of ether oxygens (including phenoxy) is 1. The zero-order chi connectivity index (χ0) is 19.7. The Morgan fingerprint density at radius 1 is 1.04 bits per heavy atom. The maximum Gasteiger partial charge on any atom is 0.262 e. The molecule has 1 aliphatic heterocycles. The Kier molecular flexibility index (Phi) is 5.19. The minimum Gasteiger partial charge on any atom is -0.489 e. The van der Waals surface area contributed by atoms with Crippen LogP contribution in [0, 0.1) is 0 Å². The number of benzene rings is 2. The minimum absolute atomic E-state index is 0.0308. The van der Waals surface area contributed by atoms with Crippen LogP contribution in [0.3, 0.4) is 0 Å². The van der Waals surface area contributed by atoms with Gasteiger partial charge in [0.25, 0.3) is 11.8 Å². The number of anilines is 1. The lowest BCUT2D eigenvalue weighted by molar-refractivity contribution is -0.119. The zero-order valence-electron chi connectivity index (χ0n) is 15.2. The van der Waals surface area contributed by atoms with Crippen LogP contribution in [-0.2, 0) is 4.79 Å². The topological polar surface area (TPSA) is 75.7 Å². The number of hydrogen-bond donors (Lipinski definition) is 1. The summed E-state index contributed by atoms with van der Waals surface area (Å²) in [6, 6.07) is 10.4. The van der Waals surface area contributed by atoms with Crippen LogP contribution in [0.2, 0.25) is 5.02 Å². The molecular weight excluding hydrogens is 368 g/mol. The molecule has 0 bridgehead atoms. The second-order valence-corrected chi connectivity index (χ2v) is 6.91. The van der Waals surface area contributed by atoms with Crippen molar-refractivity contribution in [1.82, 2.24) is 4.90 Å². The van der Waals surface area contributed by atoms with Gasteiger partial charge in [-0.1, -0.05) is 23.7 Å². The van der Waals surface area contributed by atoms with E-state index in [2.05, 4.69) is 5.32 Å². The van der Waals surface area contributed by atoms with Crippen LogP contribution in [0.1, 0.15) is 41.5 Å². The van der Waals surface area contributed by atoms with Crippen LogP contribution in [0.25, 0.3) is 0 Å². The summed E-state index contributed by atoms with van der Waals surface area (Å²) in [7, 11) is 0. The molecule has 0 fully saturated rings. The number of fused-ring (bicyclic) bond motifs is 1. The first-order valence-corrected chi connectivity index (χ1v) is 8.91. The first-order chi connectivity index (χ1) is 12.8. The Labute approximate surface area is 162 Å². The highest BCUT2D eigenvalue weighted by molar-refractivity contribution is 6.32. The van der Waals surface area contributed by atoms with E-state index >= 15 is 0 Å². The third-order valence-corrected chi connectivity index (χ3v) is 4.45. The SMILES string of the molecule is CC(C)Oc1ccc(NC(=O)C(C)N2C(=O)c3ccccc3C2=O)cc1Cl. The largest absolute Gasteiger partial charge is 0.489 e. The van der Waals surface area contributed by atoms with Crippen LogP contribution < -0.4 is 10.1 Å². The molecule has 0 radical (unpaired) electrons. The van der Waals surface area contributed by atoms with Crippen LogP contribution in [0.5, 0.6) is 5.75 Å². The third-order valence-electron chi connectivity index (χ3n) is 4.15. The van der Waals surface area contributed by atoms with Gasteiger partial charge in [0.05, 0.1) is 22.3 Å². The summed E-state index contributed by atoms with van der Waals surface area (Å²) in [5, 5.41) is 3.04. The summed E-state index contributed by atoms with van der Waals surface area (Å²) < 4.78 is 5.56. The fraction of sp³-hybridized carbons (Fsp3) is 0.250. The van der Waals surface area contributed by atoms with Gasteiger partial charge in [-0.25, -0.2) is 0 Å². The van der Waals surface area contributed by atoms with Crippen molar-refractivity contribution in [2.75, 3.05) is 5.32 Å². The smallest absolute Gasteiger partial charge is 0.262 e. The molecule has 27 heavy (non-hydrogen) atoms. The summed E-state index contributed by atoms with van der Waals surface area (Å²) >= 11 is 6.18. The number of amides is 3. The summed E-state index contributed by atoms with van der Waals surface area (Å²) in [6.07, 6.45) is -0.0308. The molecule has 2 aromatic carbocycles. The highest BCUT2D eigenvalue weighted by atomic mass is 35.5. The van der Waals surface area contributed by atoms with Crippen molar-refractivity contribution in [1.29, 1.82) is 0 Å². The van der Waals surface area contributed by atoms with Gasteiger partial charge >= 0.3 is 0 Å². The molecular formula is C20H19ClN2O4. The standard InChI is InChI=1S/C20H19ClN2O4/c1-11(2)27-17-9-8-13(10-16(17)21)22-18(24)12(3)23-19(25)14-6-4-5-7-15(14)20(23)26/h4-12H,1-3H3,(H,22,24). The molecule has 3 amide bonds. The Balaban J connectivity index is 1.74. The quantitative estimate of drug-likeness (QED) is 0.794. The van der Waals surface area contributed by atoms with Crippen molar-refractivity contribution in [2.24, 2.45) is 0 Å². The number of halogens is 1.